The summed E-state index contributed by atoms with van der Waals surface area (Å²) in [6, 6.07) is 0. The van der Waals surface area contributed by atoms with Crippen LogP contribution in [0.1, 0.15) is 6.92 Å². The molecule has 0 saturated heterocycles. The number of nitrogens with two attached hydrogens (primary N) is 1. The Morgan fingerprint density at radius 1 is 2.00 bits per heavy atom. The summed E-state index contributed by atoms with van der Waals surface area (Å²) < 4.78 is 0. The van der Waals surface area contributed by atoms with Crippen LogP contribution in [-0.4, -0.2) is 28.7 Å². The van der Waals surface area contributed by atoms with Crippen molar-refractivity contribution in [2.24, 2.45) is 5.73 Å². The minimum absolute atomic E-state index is 0.0961. The molecule has 0 amide bonds. The number of carboxylic acids is 1. The van der Waals surface area contributed by atoms with Gasteiger partial charge in [-0.15, -0.1) is 0 Å². The summed E-state index contributed by atoms with van der Waals surface area (Å²) >= 11 is 0. The highest BCUT2D eigenvalue weighted by molar-refractivity contribution is 5.69. The van der Waals surface area contributed by atoms with Crippen LogP contribution in [0.25, 0.3) is 0 Å². The van der Waals surface area contributed by atoms with Gasteiger partial charge in [-0.05, 0) is 13.1 Å². The lowest BCUT2D eigenvalue weighted by Gasteiger charge is -2.21. The third-order valence-corrected chi connectivity index (χ3v) is 1.08. The fraction of sp³-hybridized carbons (Fsp3) is 0.500. The zero-order chi connectivity index (χ0) is 8.15. The number of carboxylic acid groups (broad SMARTS) is 1. The summed E-state index contributed by atoms with van der Waals surface area (Å²) in [5.74, 6) is -0.905. The topological polar surface area (TPSA) is 66.6 Å². The molecule has 0 aromatic heterocycles. The summed E-state index contributed by atoms with van der Waals surface area (Å²) in [5, 5.41) is 8.32. The Morgan fingerprint density at radius 3 is 2.60 bits per heavy atom. The number of hydrogen-bond acceptors (Lipinski definition) is 3. The SMILES string of the molecule is C=CN(CC(=O)O)C(C)N. The van der Waals surface area contributed by atoms with Crippen molar-refractivity contribution >= 4 is 5.97 Å². The zero-order valence-corrected chi connectivity index (χ0v) is 5.95. The van der Waals surface area contributed by atoms with Gasteiger partial charge in [-0.2, -0.15) is 0 Å². The summed E-state index contributed by atoms with van der Waals surface area (Å²) in [6.45, 7) is 5.02. The van der Waals surface area contributed by atoms with Crippen molar-refractivity contribution in [3.8, 4) is 0 Å². The van der Waals surface area contributed by atoms with Crippen molar-refractivity contribution in [2.75, 3.05) is 6.54 Å². The summed E-state index contributed by atoms with van der Waals surface area (Å²) in [5.41, 5.74) is 5.39. The van der Waals surface area contributed by atoms with E-state index in [2.05, 4.69) is 6.58 Å². The van der Waals surface area contributed by atoms with Crippen molar-refractivity contribution < 1.29 is 9.90 Å². The van der Waals surface area contributed by atoms with E-state index in [0.717, 1.165) is 0 Å². The lowest BCUT2D eigenvalue weighted by atomic mass is 10.4. The highest BCUT2D eigenvalue weighted by Crippen LogP contribution is 1.91. The van der Waals surface area contributed by atoms with Gasteiger partial charge >= 0.3 is 5.97 Å². The third kappa shape index (κ3) is 3.09. The molecule has 58 valence electrons. The number of carbonyl (C=O) groups is 1. The van der Waals surface area contributed by atoms with E-state index in [1.807, 2.05) is 0 Å². The van der Waals surface area contributed by atoms with E-state index in [1.165, 1.54) is 11.1 Å². The van der Waals surface area contributed by atoms with Crippen LogP contribution in [0.5, 0.6) is 0 Å². The second-order valence-electron chi connectivity index (χ2n) is 1.99. The third-order valence-electron chi connectivity index (χ3n) is 1.08. The molecule has 0 rings (SSSR count). The van der Waals surface area contributed by atoms with E-state index in [1.54, 1.807) is 6.92 Å². The second kappa shape index (κ2) is 3.90. The predicted octanol–water partition coefficient (Wildman–Crippen LogP) is -0.179. The van der Waals surface area contributed by atoms with Crippen LogP contribution in [0.3, 0.4) is 0 Å². The van der Waals surface area contributed by atoms with Gasteiger partial charge in [-0.3, -0.25) is 4.79 Å². The van der Waals surface area contributed by atoms with Crippen LogP contribution in [0.2, 0.25) is 0 Å². The van der Waals surface area contributed by atoms with Gasteiger partial charge in [0, 0.05) is 0 Å². The Bertz CT molecular complexity index is 134. The maximum absolute atomic E-state index is 10.1. The van der Waals surface area contributed by atoms with Gasteiger partial charge < -0.3 is 15.7 Å². The van der Waals surface area contributed by atoms with Gasteiger partial charge in [-0.1, -0.05) is 6.58 Å². The molecule has 1 atom stereocenters. The summed E-state index contributed by atoms with van der Waals surface area (Å²) in [6.07, 6.45) is 1.12. The van der Waals surface area contributed by atoms with Gasteiger partial charge in [0.1, 0.15) is 6.54 Å². The van der Waals surface area contributed by atoms with Crippen molar-refractivity contribution in [1.29, 1.82) is 0 Å². The molecule has 0 bridgehead atoms. The van der Waals surface area contributed by atoms with Crippen LogP contribution in [0, 0.1) is 0 Å². The monoisotopic (exact) mass is 144 g/mol. The van der Waals surface area contributed by atoms with E-state index in [4.69, 9.17) is 10.8 Å². The molecule has 3 N–H and O–H groups in total. The van der Waals surface area contributed by atoms with Crippen LogP contribution in [0.15, 0.2) is 12.8 Å². The predicted molar refractivity (Wildman–Crippen MR) is 38.2 cm³/mol. The van der Waals surface area contributed by atoms with Crippen molar-refractivity contribution in [3.05, 3.63) is 12.8 Å². The van der Waals surface area contributed by atoms with E-state index in [-0.39, 0.29) is 12.7 Å². The quantitative estimate of drug-likeness (QED) is 0.537. The molecule has 0 fully saturated rings. The Kier molecular flexibility index (Phi) is 3.49. The number of hydrogen-bond donors (Lipinski definition) is 2. The lowest BCUT2D eigenvalue weighted by Crippen LogP contribution is -2.38. The molecule has 10 heavy (non-hydrogen) atoms. The molecule has 0 aliphatic heterocycles. The van der Waals surface area contributed by atoms with Crippen molar-refractivity contribution in [3.63, 3.8) is 0 Å². The molecule has 0 aromatic rings. The first-order valence-electron chi connectivity index (χ1n) is 2.93. The van der Waals surface area contributed by atoms with Crippen LogP contribution in [0.4, 0.5) is 0 Å². The molecular formula is C6H12N2O2. The molecule has 0 spiro atoms. The minimum atomic E-state index is -0.905. The molecule has 0 radical (unpaired) electrons. The van der Waals surface area contributed by atoms with E-state index in [9.17, 15) is 4.79 Å². The highest BCUT2D eigenvalue weighted by atomic mass is 16.4. The van der Waals surface area contributed by atoms with Crippen molar-refractivity contribution in [2.45, 2.75) is 13.1 Å². The van der Waals surface area contributed by atoms with Crippen LogP contribution >= 0.6 is 0 Å². The Morgan fingerprint density at radius 2 is 2.50 bits per heavy atom. The molecule has 4 nitrogen and oxygen atoms in total. The first-order chi connectivity index (χ1) is 4.57. The zero-order valence-electron chi connectivity index (χ0n) is 5.95. The number of rotatable bonds is 4. The standard InChI is InChI=1S/C6H12N2O2/c1-3-8(5(2)7)4-6(9)10/h3,5H,1,4,7H2,2H3,(H,9,10). The van der Waals surface area contributed by atoms with Gasteiger partial charge in [-0.25, -0.2) is 0 Å². The highest BCUT2D eigenvalue weighted by Gasteiger charge is 2.07. The van der Waals surface area contributed by atoms with Gasteiger partial charge in [0.05, 0.1) is 6.17 Å². The number of nitrogens with zero attached hydrogens (tertiary/aromatic N) is 1. The molecule has 0 aromatic carbocycles. The summed E-state index contributed by atoms with van der Waals surface area (Å²) in [7, 11) is 0. The fourth-order valence-electron chi connectivity index (χ4n) is 0.531. The second-order valence-corrected chi connectivity index (χ2v) is 1.99. The van der Waals surface area contributed by atoms with E-state index < -0.39 is 5.97 Å². The Balaban J connectivity index is 3.83. The Labute approximate surface area is 59.9 Å². The van der Waals surface area contributed by atoms with Crippen LogP contribution in [-0.2, 0) is 4.79 Å². The van der Waals surface area contributed by atoms with Gasteiger partial charge in [0.2, 0.25) is 0 Å². The van der Waals surface area contributed by atoms with Crippen molar-refractivity contribution in [1.82, 2.24) is 4.90 Å². The molecular weight excluding hydrogens is 132 g/mol. The average Bonchev–Trinajstić information content (AvgIpc) is 1.81. The van der Waals surface area contributed by atoms with Gasteiger partial charge in [0.15, 0.2) is 0 Å². The molecule has 0 aliphatic carbocycles. The van der Waals surface area contributed by atoms with Gasteiger partial charge in [0.25, 0.3) is 0 Å². The summed E-state index contributed by atoms with van der Waals surface area (Å²) in [4.78, 5) is 11.6. The molecule has 0 aliphatic rings. The van der Waals surface area contributed by atoms with E-state index in [0.29, 0.717) is 0 Å². The lowest BCUT2D eigenvalue weighted by molar-refractivity contribution is -0.138. The van der Waals surface area contributed by atoms with E-state index >= 15 is 0 Å². The first kappa shape index (κ1) is 8.97. The largest absolute Gasteiger partial charge is 0.480 e. The van der Waals surface area contributed by atoms with Crippen LogP contribution < -0.4 is 5.73 Å². The fourth-order valence-corrected chi connectivity index (χ4v) is 0.531. The minimum Gasteiger partial charge on any atom is -0.480 e. The molecule has 1 unspecified atom stereocenters. The first-order valence-corrected chi connectivity index (χ1v) is 2.93. The normalized spacial score (nSPS) is 12.2. The number of aliphatic carboxylic acids is 1. The molecule has 0 heterocycles. The molecule has 4 heteroatoms. The molecule has 0 saturated carbocycles. The maximum Gasteiger partial charge on any atom is 0.323 e. The Hall–Kier alpha value is -1.03. The smallest absolute Gasteiger partial charge is 0.323 e. The maximum atomic E-state index is 10.1. The average molecular weight is 144 g/mol.